The number of hydrogen-bond donors (Lipinski definition) is 2. The van der Waals surface area contributed by atoms with Crippen LogP contribution < -0.4 is 20.1 Å². The number of carbonyl (C=O) groups is 2. The standard InChI is InChI=1S/C28H31BrN2O4/c1-15-9-7-8-10-19(15)31-27(33)24-16(2)30-20-13-28(3,4)14-21(32)26(20)25(24)17-11-22(34-5)23(35-6)12-18(17)29/h7-12,25,30H,13-14H2,1-6H3,(H,31,33)/t25-/m1/s1. The molecule has 0 aromatic heterocycles. The van der Waals surface area contributed by atoms with Crippen LogP contribution in [-0.4, -0.2) is 25.9 Å². The molecule has 0 spiro atoms. The second-order valence-corrected chi connectivity index (χ2v) is 10.8. The summed E-state index contributed by atoms with van der Waals surface area (Å²) in [5.74, 6) is 0.331. The summed E-state index contributed by atoms with van der Waals surface area (Å²) in [6, 6.07) is 11.3. The highest BCUT2D eigenvalue weighted by atomic mass is 79.9. The number of rotatable bonds is 5. The molecule has 7 heteroatoms. The minimum absolute atomic E-state index is 0.0455. The first-order valence-electron chi connectivity index (χ1n) is 11.6. The molecule has 35 heavy (non-hydrogen) atoms. The van der Waals surface area contributed by atoms with Crippen LogP contribution in [0, 0.1) is 12.3 Å². The minimum atomic E-state index is -0.562. The highest BCUT2D eigenvalue weighted by molar-refractivity contribution is 9.10. The van der Waals surface area contributed by atoms with Crippen molar-refractivity contribution in [2.75, 3.05) is 19.5 Å². The Morgan fingerprint density at radius 2 is 1.74 bits per heavy atom. The first-order valence-corrected chi connectivity index (χ1v) is 12.4. The van der Waals surface area contributed by atoms with Crippen molar-refractivity contribution < 1.29 is 19.1 Å². The van der Waals surface area contributed by atoms with Gasteiger partial charge in [-0.2, -0.15) is 0 Å². The van der Waals surface area contributed by atoms with Gasteiger partial charge in [0.05, 0.1) is 14.2 Å². The van der Waals surface area contributed by atoms with Crippen molar-refractivity contribution in [3.63, 3.8) is 0 Å². The van der Waals surface area contributed by atoms with E-state index in [4.69, 9.17) is 9.47 Å². The molecule has 2 aromatic carbocycles. The Hall–Kier alpha value is -3.06. The maximum absolute atomic E-state index is 13.8. The second kappa shape index (κ2) is 9.53. The summed E-state index contributed by atoms with van der Waals surface area (Å²) in [6.07, 6.45) is 1.14. The normalized spacial score (nSPS) is 19.2. The lowest BCUT2D eigenvalue weighted by Gasteiger charge is -2.40. The highest BCUT2D eigenvalue weighted by Crippen LogP contribution is 2.49. The van der Waals surface area contributed by atoms with Crippen LogP contribution >= 0.6 is 15.9 Å². The lowest BCUT2D eigenvalue weighted by molar-refractivity contribution is -0.118. The van der Waals surface area contributed by atoms with E-state index in [1.165, 1.54) is 0 Å². The Kier molecular flexibility index (Phi) is 6.82. The van der Waals surface area contributed by atoms with E-state index in [0.29, 0.717) is 29.1 Å². The number of aryl methyl sites for hydroxylation is 1. The molecule has 1 aliphatic carbocycles. The highest BCUT2D eigenvalue weighted by Gasteiger charge is 2.43. The molecule has 0 bridgehead atoms. The summed E-state index contributed by atoms with van der Waals surface area (Å²) < 4.78 is 11.8. The predicted octanol–water partition coefficient (Wildman–Crippen LogP) is 6.02. The summed E-state index contributed by atoms with van der Waals surface area (Å²) in [5.41, 5.74) is 5.06. The third-order valence-corrected chi connectivity index (χ3v) is 7.38. The van der Waals surface area contributed by atoms with Crippen molar-refractivity contribution in [1.29, 1.82) is 0 Å². The lowest BCUT2D eigenvalue weighted by atomic mass is 9.68. The number of amides is 1. The zero-order valence-corrected chi connectivity index (χ0v) is 22.6. The van der Waals surface area contributed by atoms with Crippen molar-refractivity contribution in [2.24, 2.45) is 5.41 Å². The van der Waals surface area contributed by atoms with Crippen molar-refractivity contribution in [2.45, 2.75) is 46.5 Å². The Morgan fingerprint density at radius 1 is 1.09 bits per heavy atom. The lowest BCUT2D eigenvalue weighted by Crippen LogP contribution is -2.39. The number of anilines is 1. The fraction of sp³-hybridized carbons (Fsp3) is 0.357. The summed E-state index contributed by atoms with van der Waals surface area (Å²) in [7, 11) is 3.15. The third kappa shape index (κ3) is 4.74. The number of benzene rings is 2. The molecule has 0 saturated heterocycles. The van der Waals surface area contributed by atoms with E-state index in [9.17, 15) is 9.59 Å². The molecular formula is C28H31BrN2O4. The number of carbonyl (C=O) groups excluding carboxylic acids is 2. The first kappa shape index (κ1) is 25.0. The van der Waals surface area contributed by atoms with Crippen LogP contribution in [0.15, 0.2) is 63.4 Å². The molecule has 1 atom stereocenters. The second-order valence-electron chi connectivity index (χ2n) is 9.93. The third-order valence-electron chi connectivity index (χ3n) is 6.69. The molecule has 0 saturated carbocycles. The van der Waals surface area contributed by atoms with Gasteiger partial charge in [0.2, 0.25) is 0 Å². The molecule has 184 valence electrons. The zero-order valence-electron chi connectivity index (χ0n) is 21.0. The monoisotopic (exact) mass is 538 g/mol. The van der Waals surface area contributed by atoms with Crippen LogP contribution in [0.3, 0.4) is 0 Å². The van der Waals surface area contributed by atoms with Gasteiger partial charge in [-0.1, -0.05) is 48.0 Å². The number of hydrogen-bond acceptors (Lipinski definition) is 5. The molecule has 1 aliphatic heterocycles. The molecule has 0 radical (unpaired) electrons. The van der Waals surface area contributed by atoms with Gasteiger partial charge in [0.1, 0.15) is 0 Å². The average molecular weight is 539 g/mol. The number of halogens is 1. The topological polar surface area (TPSA) is 76.7 Å². The van der Waals surface area contributed by atoms with Gasteiger partial charge in [-0.3, -0.25) is 9.59 Å². The fourth-order valence-corrected chi connectivity index (χ4v) is 5.59. The number of ether oxygens (including phenoxy) is 2. The molecule has 4 rings (SSSR count). The molecule has 1 amide bonds. The number of dihydropyridines is 1. The quantitative estimate of drug-likeness (QED) is 0.486. The molecule has 1 heterocycles. The van der Waals surface area contributed by atoms with E-state index in [2.05, 4.69) is 40.4 Å². The van der Waals surface area contributed by atoms with Gasteiger partial charge in [0.25, 0.3) is 5.91 Å². The van der Waals surface area contributed by atoms with Crippen LogP contribution in [0.5, 0.6) is 11.5 Å². The number of nitrogens with one attached hydrogen (secondary N) is 2. The summed E-state index contributed by atoms with van der Waals surface area (Å²) in [6.45, 7) is 8.03. The SMILES string of the molecule is COc1cc(Br)c([C@@H]2C(C(=O)Nc3ccccc3C)=C(C)NC3=C2C(=O)CC(C)(C)C3)cc1OC. The van der Waals surface area contributed by atoms with Gasteiger partial charge in [-0.15, -0.1) is 0 Å². The number of ketones is 1. The predicted molar refractivity (Wildman–Crippen MR) is 141 cm³/mol. The van der Waals surface area contributed by atoms with Crippen LogP contribution in [0.25, 0.3) is 0 Å². The van der Waals surface area contributed by atoms with Crippen LogP contribution in [0.4, 0.5) is 5.69 Å². The van der Waals surface area contributed by atoms with Crippen molar-refractivity contribution in [3.8, 4) is 11.5 Å². The fourth-order valence-electron chi connectivity index (χ4n) is 5.04. The smallest absolute Gasteiger partial charge is 0.254 e. The Labute approximate surface area is 214 Å². The molecule has 2 N–H and O–H groups in total. The average Bonchev–Trinajstić information content (AvgIpc) is 2.78. The van der Waals surface area contributed by atoms with Gasteiger partial charge in [0, 0.05) is 45.0 Å². The Morgan fingerprint density at radius 3 is 2.40 bits per heavy atom. The molecule has 2 aromatic rings. The molecule has 2 aliphatic rings. The van der Waals surface area contributed by atoms with Crippen molar-refractivity contribution >= 4 is 33.3 Å². The van der Waals surface area contributed by atoms with E-state index in [-0.39, 0.29) is 17.1 Å². The van der Waals surface area contributed by atoms with E-state index < -0.39 is 5.92 Å². The summed E-state index contributed by atoms with van der Waals surface area (Å²) >= 11 is 3.68. The van der Waals surface area contributed by atoms with Gasteiger partial charge in [-0.25, -0.2) is 0 Å². The Balaban J connectivity index is 1.90. The minimum Gasteiger partial charge on any atom is -0.493 e. The van der Waals surface area contributed by atoms with Gasteiger partial charge < -0.3 is 20.1 Å². The van der Waals surface area contributed by atoms with Gasteiger partial charge in [0.15, 0.2) is 17.3 Å². The number of methoxy groups -OCH3 is 2. The van der Waals surface area contributed by atoms with E-state index in [1.807, 2.05) is 50.2 Å². The summed E-state index contributed by atoms with van der Waals surface area (Å²) in [5, 5.41) is 6.48. The molecular weight excluding hydrogens is 508 g/mol. The van der Waals surface area contributed by atoms with E-state index in [0.717, 1.165) is 39.1 Å². The van der Waals surface area contributed by atoms with Crippen molar-refractivity contribution in [1.82, 2.24) is 5.32 Å². The number of para-hydroxylation sites is 1. The van der Waals surface area contributed by atoms with E-state index in [1.54, 1.807) is 14.2 Å². The van der Waals surface area contributed by atoms with E-state index >= 15 is 0 Å². The van der Waals surface area contributed by atoms with Crippen molar-refractivity contribution in [3.05, 3.63) is 74.5 Å². The zero-order chi connectivity index (χ0) is 25.5. The van der Waals surface area contributed by atoms with Gasteiger partial charge in [-0.05, 0) is 55.0 Å². The van der Waals surface area contributed by atoms with Crippen LogP contribution in [-0.2, 0) is 9.59 Å². The molecule has 0 unspecified atom stereocenters. The maximum atomic E-state index is 13.8. The van der Waals surface area contributed by atoms with Gasteiger partial charge >= 0.3 is 0 Å². The Bertz CT molecular complexity index is 1280. The first-order chi connectivity index (χ1) is 16.6. The largest absolute Gasteiger partial charge is 0.493 e. The van der Waals surface area contributed by atoms with Crippen LogP contribution in [0.2, 0.25) is 0 Å². The maximum Gasteiger partial charge on any atom is 0.254 e. The number of allylic oxidation sites excluding steroid dienone is 3. The summed E-state index contributed by atoms with van der Waals surface area (Å²) in [4.78, 5) is 27.4. The molecule has 6 nitrogen and oxygen atoms in total. The molecule has 0 fully saturated rings. The number of Topliss-reactive ketones (excluding diaryl/α,β-unsaturated/α-hetero) is 1. The van der Waals surface area contributed by atoms with Crippen LogP contribution in [0.1, 0.15) is 50.7 Å².